The zero-order valence-corrected chi connectivity index (χ0v) is 11.3. The molecule has 1 aliphatic rings. The Hall–Kier alpha value is -2.33. The number of carbonyl (C=O) groups excluding carboxylic acids is 2. The van der Waals surface area contributed by atoms with Crippen LogP contribution in [-0.2, 0) is 9.59 Å². The molecule has 0 spiro atoms. The van der Waals surface area contributed by atoms with E-state index in [0.29, 0.717) is 5.69 Å². The Morgan fingerprint density at radius 3 is 1.85 bits per heavy atom. The summed E-state index contributed by atoms with van der Waals surface area (Å²) in [5.41, 5.74) is 0.599. The first-order valence-electron chi connectivity index (χ1n) is 6.13. The van der Waals surface area contributed by atoms with E-state index >= 15 is 0 Å². The highest BCUT2D eigenvalue weighted by Gasteiger charge is 2.24. The van der Waals surface area contributed by atoms with E-state index in [1.54, 1.807) is 23.9 Å². The van der Waals surface area contributed by atoms with Crippen LogP contribution in [-0.4, -0.2) is 11.8 Å². The van der Waals surface area contributed by atoms with Crippen molar-refractivity contribution in [3.63, 3.8) is 0 Å². The first-order chi connectivity index (χ1) is 9.74. The lowest BCUT2D eigenvalue weighted by Crippen LogP contribution is -2.29. The van der Waals surface area contributed by atoms with Gasteiger partial charge in [0.15, 0.2) is 0 Å². The van der Waals surface area contributed by atoms with Crippen LogP contribution >= 0.6 is 11.8 Å². The van der Waals surface area contributed by atoms with Crippen molar-refractivity contribution < 1.29 is 9.59 Å². The molecule has 2 amide bonds. The van der Waals surface area contributed by atoms with Crippen LogP contribution in [0.1, 0.15) is 0 Å². The van der Waals surface area contributed by atoms with E-state index in [4.69, 9.17) is 0 Å². The SMILES string of the molecule is O=C1C=CC(=O)N1c1ccc(Sc2ccccc2)cc1. The van der Waals surface area contributed by atoms with Gasteiger partial charge in [-0.2, -0.15) is 0 Å². The fourth-order valence-corrected chi connectivity index (χ4v) is 2.78. The summed E-state index contributed by atoms with van der Waals surface area (Å²) in [7, 11) is 0. The Bertz CT molecular complexity index is 659. The molecule has 2 aromatic carbocycles. The van der Waals surface area contributed by atoms with Crippen molar-refractivity contribution in [1.29, 1.82) is 0 Å². The van der Waals surface area contributed by atoms with Crippen molar-refractivity contribution in [2.75, 3.05) is 4.90 Å². The highest BCUT2D eigenvalue weighted by Crippen LogP contribution is 2.29. The Kier molecular flexibility index (Phi) is 3.39. The van der Waals surface area contributed by atoms with Crippen molar-refractivity contribution >= 4 is 29.3 Å². The summed E-state index contributed by atoms with van der Waals surface area (Å²) < 4.78 is 0. The molecule has 0 unspecified atom stereocenters. The van der Waals surface area contributed by atoms with Gasteiger partial charge in [0.25, 0.3) is 11.8 Å². The molecule has 0 saturated carbocycles. The molecule has 0 radical (unpaired) electrons. The van der Waals surface area contributed by atoms with E-state index in [1.807, 2.05) is 42.5 Å². The second-order valence-corrected chi connectivity index (χ2v) is 5.40. The summed E-state index contributed by atoms with van der Waals surface area (Å²) in [6.07, 6.45) is 2.57. The van der Waals surface area contributed by atoms with Gasteiger partial charge in [0, 0.05) is 21.9 Å². The normalized spacial score (nSPS) is 14.1. The predicted octanol–water partition coefficient (Wildman–Crippen LogP) is 3.27. The predicted molar refractivity (Wildman–Crippen MR) is 78.6 cm³/mol. The highest BCUT2D eigenvalue weighted by molar-refractivity contribution is 7.99. The van der Waals surface area contributed by atoms with Crippen molar-refractivity contribution in [2.45, 2.75) is 9.79 Å². The number of benzene rings is 2. The van der Waals surface area contributed by atoms with E-state index < -0.39 is 0 Å². The zero-order valence-electron chi connectivity index (χ0n) is 10.5. The number of nitrogens with zero attached hydrogens (tertiary/aromatic N) is 1. The number of carbonyl (C=O) groups is 2. The number of rotatable bonds is 3. The minimum absolute atomic E-state index is 0.293. The second kappa shape index (κ2) is 5.35. The van der Waals surface area contributed by atoms with Crippen LogP contribution in [0.25, 0.3) is 0 Å². The smallest absolute Gasteiger partial charge is 0.258 e. The van der Waals surface area contributed by atoms with Gasteiger partial charge in [0.2, 0.25) is 0 Å². The van der Waals surface area contributed by atoms with Gasteiger partial charge in [-0.25, -0.2) is 4.90 Å². The van der Waals surface area contributed by atoms with Crippen molar-refractivity contribution in [2.24, 2.45) is 0 Å². The summed E-state index contributed by atoms with van der Waals surface area (Å²) in [4.78, 5) is 26.5. The van der Waals surface area contributed by atoms with Crippen LogP contribution < -0.4 is 4.90 Å². The van der Waals surface area contributed by atoms with Gasteiger partial charge in [-0.3, -0.25) is 9.59 Å². The summed E-state index contributed by atoms with van der Waals surface area (Å²) in [5, 5.41) is 0. The molecule has 0 atom stereocenters. The fourth-order valence-electron chi connectivity index (χ4n) is 1.94. The third-order valence-electron chi connectivity index (χ3n) is 2.88. The number of anilines is 1. The average molecular weight is 281 g/mol. The molecular weight excluding hydrogens is 270 g/mol. The minimum atomic E-state index is -0.293. The molecule has 98 valence electrons. The summed E-state index contributed by atoms with van der Waals surface area (Å²) >= 11 is 1.64. The van der Waals surface area contributed by atoms with Crippen LogP contribution in [0, 0.1) is 0 Å². The van der Waals surface area contributed by atoms with Crippen LogP contribution in [0.5, 0.6) is 0 Å². The van der Waals surface area contributed by atoms with E-state index in [-0.39, 0.29) is 11.8 Å². The molecule has 0 saturated heterocycles. The maximum Gasteiger partial charge on any atom is 0.258 e. The topological polar surface area (TPSA) is 37.4 Å². The Labute approximate surface area is 120 Å². The monoisotopic (exact) mass is 281 g/mol. The van der Waals surface area contributed by atoms with Crippen LogP contribution in [0.15, 0.2) is 76.5 Å². The van der Waals surface area contributed by atoms with E-state index in [2.05, 4.69) is 0 Å². The van der Waals surface area contributed by atoms with Crippen molar-refractivity contribution in [3.05, 3.63) is 66.7 Å². The lowest BCUT2D eigenvalue weighted by Gasteiger charge is -2.14. The summed E-state index contributed by atoms with van der Waals surface area (Å²) in [6.45, 7) is 0. The molecule has 0 bridgehead atoms. The van der Waals surface area contributed by atoms with E-state index in [1.165, 1.54) is 12.2 Å². The number of imide groups is 1. The molecule has 0 fully saturated rings. The molecule has 0 aliphatic carbocycles. The summed E-state index contributed by atoms with van der Waals surface area (Å²) in [6, 6.07) is 17.4. The molecule has 2 aromatic rings. The average Bonchev–Trinajstić information content (AvgIpc) is 2.81. The minimum Gasteiger partial charge on any atom is -0.269 e. The standard InChI is InChI=1S/C16H11NO2S/c18-15-10-11-16(19)17(15)12-6-8-14(9-7-12)20-13-4-2-1-3-5-13/h1-11H. The van der Waals surface area contributed by atoms with Crippen LogP contribution in [0.3, 0.4) is 0 Å². The molecular formula is C16H11NO2S. The van der Waals surface area contributed by atoms with Gasteiger partial charge >= 0.3 is 0 Å². The Morgan fingerprint density at radius 2 is 1.25 bits per heavy atom. The second-order valence-electron chi connectivity index (χ2n) is 4.25. The van der Waals surface area contributed by atoms with Gasteiger partial charge in [-0.05, 0) is 36.4 Å². The quantitative estimate of drug-likeness (QED) is 0.810. The molecule has 1 aliphatic heterocycles. The Balaban J connectivity index is 1.78. The largest absolute Gasteiger partial charge is 0.269 e. The van der Waals surface area contributed by atoms with Crippen LogP contribution in [0.4, 0.5) is 5.69 Å². The highest BCUT2D eigenvalue weighted by atomic mass is 32.2. The van der Waals surface area contributed by atoms with Crippen LogP contribution in [0.2, 0.25) is 0 Å². The third kappa shape index (κ3) is 2.51. The number of hydrogen-bond acceptors (Lipinski definition) is 3. The third-order valence-corrected chi connectivity index (χ3v) is 3.90. The zero-order chi connectivity index (χ0) is 13.9. The first kappa shape index (κ1) is 12.7. The molecule has 20 heavy (non-hydrogen) atoms. The Morgan fingerprint density at radius 1 is 0.700 bits per heavy atom. The molecule has 0 N–H and O–H groups in total. The van der Waals surface area contributed by atoms with Gasteiger partial charge in [0.1, 0.15) is 0 Å². The summed E-state index contributed by atoms with van der Waals surface area (Å²) in [5.74, 6) is -0.586. The fraction of sp³-hybridized carbons (Fsp3) is 0. The molecule has 4 heteroatoms. The number of hydrogen-bond donors (Lipinski definition) is 0. The molecule has 1 heterocycles. The maximum atomic E-state index is 11.6. The van der Waals surface area contributed by atoms with Crippen molar-refractivity contribution in [1.82, 2.24) is 0 Å². The van der Waals surface area contributed by atoms with Gasteiger partial charge in [0.05, 0.1) is 5.69 Å². The van der Waals surface area contributed by atoms with Gasteiger partial charge in [-0.15, -0.1) is 0 Å². The van der Waals surface area contributed by atoms with Crippen molar-refractivity contribution in [3.8, 4) is 0 Å². The van der Waals surface area contributed by atoms with Gasteiger partial charge < -0.3 is 0 Å². The number of amides is 2. The molecule has 3 nitrogen and oxygen atoms in total. The lowest BCUT2D eigenvalue weighted by molar-refractivity contribution is -0.119. The first-order valence-corrected chi connectivity index (χ1v) is 6.95. The maximum absolute atomic E-state index is 11.6. The molecule has 0 aromatic heterocycles. The lowest BCUT2D eigenvalue weighted by atomic mass is 10.3. The molecule has 3 rings (SSSR count). The van der Waals surface area contributed by atoms with Gasteiger partial charge in [-0.1, -0.05) is 30.0 Å². The van der Waals surface area contributed by atoms with E-state index in [9.17, 15) is 9.59 Å². The van der Waals surface area contributed by atoms with E-state index in [0.717, 1.165) is 14.7 Å².